The predicted octanol–water partition coefficient (Wildman–Crippen LogP) is 3.30. The van der Waals surface area contributed by atoms with Gasteiger partial charge in [-0.15, -0.1) is 12.4 Å². The number of hydrazone groups is 1. The van der Waals surface area contributed by atoms with Gasteiger partial charge in [-0.2, -0.15) is 5.10 Å². The number of hydrogen-bond donors (Lipinski definition) is 2. The summed E-state index contributed by atoms with van der Waals surface area (Å²) in [7, 11) is 0. The Morgan fingerprint density at radius 2 is 2.00 bits per heavy atom. The summed E-state index contributed by atoms with van der Waals surface area (Å²) in [6, 6.07) is 5.22. The number of rotatable bonds is 2. The van der Waals surface area contributed by atoms with Crippen LogP contribution in [0.4, 0.5) is 0 Å². The van der Waals surface area contributed by atoms with E-state index in [2.05, 4.69) is 26.5 Å². The van der Waals surface area contributed by atoms with E-state index in [4.69, 9.17) is 0 Å². The van der Waals surface area contributed by atoms with Crippen molar-refractivity contribution in [1.82, 2.24) is 5.43 Å². The minimum absolute atomic E-state index is 0. The Balaban J connectivity index is 0.00000225. The summed E-state index contributed by atoms with van der Waals surface area (Å²) in [6.45, 7) is 6.06. The molecule has 0 aliphatic heterocycles. The molecule has 0 atom stereocenters. The van der Waals surface area contributed by atoms with Crippen molar-refractivity contribution in [3.05, 3.63) is 28.2 Å². The van der Waals surface area contributed by atoms with Crippen LogP contribution in [0.5, 0.6) is 5.75 Å². The molecular formula is C11H16BrClN2O. The van der Waals surface area contributed by atoms with Gasteiger partial charge >= 0.3 is 0 Å². The Bertz CT molecular complexity index is 375. The maximum absolute atomic E-state index is 9.52. The molecule has 0 heterocycles. The molecule has 2 N–H and O–H groups in total. The lowest BCUT2D eigenvalue weighted by Gasteiger charge is -2.17. The Labute approximate surface area is 110 Å². The monoisotopic (exact) mass is 306 g/mol. The van der Waals surface area contributed by atoms with Crippen molar-refractivity contribution in [3.63, 3.8) is 0 Å². The van der Waals surface area contributed by atoms with Crippen LogP contribution in [0.3, 0.4) is 0 Å². The molecule has 0 fully saturated rings. The zero-order chi connectivity index (χ0) is 11.5. The molecule has 0 saturated carbocycles. The van der Waals surface area contributed by atoms with Crippen molar-refractivity contribution >= 4 is 34.6 Å². The highest BCUT2D eigenvalue weighted by Crippen LogP contribution is 2.19. The van der Waals surface area contributed by atoms with Gasteiger partial charge < -0.3 is 10.5 Å². The summed E-state index contributed by atoms with van der Waals surface area (Å²) >= 11 is 3.33. The van der Waals surface area contributed by atoms with Crippen LogP contribution in [-0.4, -0.2) is 16.9 Å². The lowest BCUT2D eigenvalue weighted by molar-refractivity contribution is 0.441. The summed E-state index contributed by atoms with van der Waals surface area (Å²) in [5, 5.41) is 13.6. The van der Waals surface area contributed by atoms with Gasteiger partial charge in [0.2, 0.25) is 0 Å². The van der Waals surface area contributed by atoms with E-state index in [1.807, 2.05) is 26.8 Å². The van der Waals surface area contributed by atoms with Crippen LogP contribution in [-0.2, 0) is 0 Å². The summed E-state index contributed by atoms with van der Waals surface area (Å²) in [5.41, 5.74) is 3.57. The van der Waals surface area contributed by atoms with Crippen molar-refractivity contribution in [3.8, 4) is 5.75 Å². The smallest absolute Gasteiger partial charge is 0.124 e. The number of benzene rings is 1. The molecule has 0 aromatic heterocycles. The highest BCUT2D eigenvalue weighted by molar-refractivity contribution is 9.10. The molecule has 1 rings (SSSR count). The van der Waals surface area contributed by atoms with Gasteiger partial charge in [-0.05, 0) is 39.0 Å². The number of nitrogens with one attached hydrogen (secondary N) is 1. The van der Waals surface area contributed by atoms with E-state index >= 15 is 0 Å². The SMILES string of the molecule is CC(C)(C)NN=Cc1cc(Br)ccc1O.Cl. The number of halogens is 2. The molecule has 5 heteroatoms. The molecule has 0 amide bonds. The van der Waals surface area contributed by atoms with Crippen LogP contribution in [0.25, 0.3) is 0 Å². The first kappa shape index (κ1) is 15.3. The van der Waals surface area contributed by atoms with Gasteiger partial charge in [0.15, 0.2) is 0 Å². The summed E-state index contributed by atoms with van der Waals surface area (Å²) in [4.78, 5) is 0. The lowest BCUT2D eigenvalue weighted by Crippen LogP contribution is -2.31. The van der Waals surface area contributed by atoms with Crippen LogP contribution in [0, 0.1) is 0 Å². The second kappa shape index (κ2) is 6.11. The van der Waals surface area contributed by atoms with Crippen LogP contribution in [0.2, 0.25) is 0 Å². The maximum Gasteiger partial charge on any atom is 0.124 e. The van der Waals surface area contributed by atoms with E-state index < -0.39 is 0 Å². The van der Waals surface area contributed by atoms with Gasteiger partial charge in [0.1, 0.15) is 5.75 Å². The highest BCUT2D eigenvalue weighted by atomic mass is 79.9. The van der Waals surface area contributed by atoms with Gasteiger partial charge in [-0.1, -0.05) is 15.9 Å². The van der Waals surface area contributed by atoms with E-state index in [-0.39, 0.29) is 23.7 Å². The molecule has 0 saturated heterocycles. The molecule has 0 aliphatic carbocycles. The first-order valence-electron chi connectivity index (χ1n) is 4.67. The standard InChI is InChI=1S/C11H15BrN2O.ClH/c1-11(2,3)14-13-7-8-6-9(12)4-5-10(8)15;/h4-7,14-15H,1-3H3;1H. The predicted molar refractivity (Wildman–Crippen MR) is 73.5 cm³/mol. The van der Waals surface area contributed by atoms with Gasteiger partial charge in [0.05, 0.1) is 6.21 Å². The minimum Gasteiger partial charge on any atom is -0.507 e. The van der Waals surface area contributed by atoms with Crippen LogP contribution >= 0.6 is 28.3 Å². The first-order valence-corrected chi connectivity index (χ1v) is 5.46. The van der Waals surface area contributed by atoms with Crippen molar-refractivity contribution in [2.45, 2.75) is 26.3 Å². The summed E-state index contributed by atoms with van der Waals surface area (Å²) in [5.74, 6) is 0.220. The van der Waals surface area contributed by atoms with Gasteiger partial charge in [-0.3, -0.25) is 0 Å². The molecular weight excluding hydrogens is 291 g/mol. The van der Waals surface area contributed by atoms with Gasteiger partial charge in [0, 0.05) is 15.6 Å². The lowest BCUT2D eigenvalue weighted by atomic mass is 10.1. The summed E-state index contributed by atoms with van der Waals surface area (Å²) < 4.78 is 0.914. The molecule has 0 radical (unpaired) electrons. The third-order valence-corrected chi connectivity index (χ3v) is 2.09. The maximum atomic E-state index is 9.52. The van der Waals surface area contributed by atoms with Crippen LogP contribution in [0.15, 0.2) is 27.8 Å². The fourth-order valence-electron chi connectivity index (χ4n) is 0.924. The molecule has 1 aromatic carbocycles. The van der Waals surface area contributed by atoms with Crippen molar-refractivity contribution in [1.29, 1.82) is 0 Å². The first-order chi connectivity index (χ1) is 6.88. The zero-order valence-electron chi connectivity index (χ0n) is 9.49. The largest absolute Gasteiger partial charge is 0.507 e. The minimum atomic E-state index is -0.0713. The Kier molecular flexibility index (Phi) is 5.83. The van der Waals surface area contributed by atoms with Crippen LogP contribution < -0.4 is 5.43 Å². The third kappa shape index (κ3) is 5.37. The molecule has 0 unspecified atom stereocenters. The van der Waals surface area contributed by atoms with E-state index in [1.54, 1.807) is 18.3 Å². The molecule has 0 aliphatic rings. The Morgan fingerprint density at radius 1 is 1.38 bits per heavy atom. The Hall–Kier alpha value is -0.740. The quantitative estimate of drug-likeness (QED) is 0.650. The number of hydrogen-bond acceptors (Lipinski definition) is 3. The summed E-state index contributed by atoms with van der Waals surface area (Å²) in [6.07, 6.45) is 1.60. The number of phenolic OH excluding ortho intramolecular Hbond substituents is 1. The topological polar surface area (TPSA) is 44.6 Å². The van der Waals surface area contributed by atoms with Gasteiger partial charge in [0.25, 0.3) is 0 Å². The molecule has 3 nitrogen and oxygen atoms in total. The second-order valence-electron chi connectivity index (χ2n) is 4.32. The molecule has 16 heavy (non-hydrogen) atoms. The molecule has 0 bridgehead atoms. The normalized spacial score (nSPS) is 11.2. The van der Waals surface area contributed by atoms with Gasteiger partial charge in [-0.25, -0.2) is 0 Å². The molecule has 90 valence electrons. The third-order valence-electron chi connectivity index (χ3n) is 1.59. The van der Waals surface area contributed by atoms with Crippen LogP contribution in [0.1, 0.15) is 26.3 Å². The Morgan fingerprint density at radius 3 is 2.56 bits per heavy atom. The number of phenols is 1. The number of nitrogens with zero attached hydrogens (tertiary/aromatic N) is 1. The van der Waals surface area contributed by atoms with E-state index in [1.165, 1.54) is 0 Å². The fraction of sp³-hybridized carbons (Fsp3) is 0.364. The van der Waals surface area contributed by atoms with E-state index in [0.29, 0.717) is 5.56 Å². The average Bonchev–Trinajstić information content (AvgIpc) is 2.09. The highest BCUT2D eigenvalue weighted by Gasteiger charge is 2.06. The van der Waals surface area contributed by atoms with E-state index in [0.717, 1.165) is 4.47 Å². The molecule has 0 spiro atoms. The molecule has 1 aromatic rings. The van der Waals surface area contributed by atoms with Crippen molar-refractivity contribution < 1.29 is 5.11 Å². The van der Waals surface area contributed by atoms with Crippen molar-refractivity contribution in [2.75, 3.05) is 0 Å². The zero-order valence-corrected chi connectivity index (χ0v) is 11.9. The van der Waals surface area contributed by atoms with E-state index in [9.17, 15) is 5.11 Å². The number of aromatic hydroxyl groups is 1. The second-order valence-corrected chi connectivity index (χ2v) is 5.24. The van der Waals surface area contributed by atoms with Crippen molar-refractivity contribution in [2.24, 2.45) is 5.10 Å². The fourth-order valence-corrected chi connectivity index (χ4v) is 1.30. The average molecular weight is 308 g/mol.